The highest BCUT2D eigenvalue weighted by Gasteiger charge is 2.33. The lowest BCUT2D eigenvalue weighted by Crippen LogP contribution is -2.42. The Balaban J connectivity index is 1.80. The molecule has 0 bridgehead atoms. The van der Waals surface area contributed by atoms with Gasteiger partial charge in [-0.25, -0.2) is 18.2 Å². The summed E-state index contributed by atoms with van der Waals surface area (Å²) in [6.45, 7) is 6.56. The van der Waals surface area contributed by atoms with Crippen LogP contribution in [-0.4, -0.2) is 57.9 Å². The number of hydrogen-bond acceptors (Lipinski definition) is 7. The number of benzene rings is 1. The van der Waals surface area contributed by atoms with Crippen molar-refractivity contribution in [2.75, 3.05) is 7.05 Å². The normalized spacial score (nSPS) is 15.8. The van der Waals surface area contributed by atoms with Crippen LogP contribution in [0.1, 0.15) is 87.0 Å². The molecule has 236 valence electrons. The fourth-order valence-corrected chi connectivity index (χ4v) is 5.77. The molecular weight excluding hydrogens is 587 g/mol. The number of ether oxygens (including phenoxy) is 1. The molecule has 0 radical (unpaired) electrons. The summed E-state index contributed by atoms with van der Waals surface area (Å²) in [4.78, 5) is 55.6. The van der Waals surface area contributed by atoms with Gasteiger partial charge in [0.05, 0.1) is 5.92 Å². The molecule has 1 aliphatic rings. The first kappa shape index (κ1) is 34.0. The Bertz CT molecular complexity index is 1310. The minimum absolute atomic E-state index is 0.0117. The van der Waals surface area contributed by atoms with Crippen molar-refractivity contribution in [1.29, 1.82) is 0 Å². The van der Waals surface area contributed by atoms with E-state index in [1.54, 1.807) is 11.9 Å². The maximum absolute atomic E-state index is 14.4. The predicted octanol–water partition coefficient (Wildman–Crippen LogP) is 5.29. The third-order valence-electron chi connectivity index (χ3n) is 7.57. The number of amides is 2. The average molecular weight is 626 g/mol. The molecule has 13 heteroatoms. The van der Waals surface area contributed by atoms with Crippen molar-refractivity contribution in [1.82, 2.24) is 15.2 Å². The minimum atomic E-state index is -1.17. The van der Waals surface area contributed by atoms with Gasteiger partial charge in [0.2, 0.25) is 5.91 Å². The summed E-state index contributed by atoms with van der Waals surface area (Å²) in [5.74, 6) is -6.39. The van der Waals surface area contributed by atoms with Gasteiger partial charge in [0, 0.05) is 62.0 Å². The fraction of sp³-hybridized carbons (Fsp3) is 0.567. The second kappa shape index (κ2) is 14.8. The van der Waals surface area contributed by atoms with Gasteiger partial charge in [0.25, 0.3) is 5.91 Å². The maximum Gasteiger partial charge on any atom is 0.306 e. The molecule has 3 rings (SSSR count). The summed E-state index contributed by atoms with van der Waals surface area (Å²) in [6, 6.07) is -0.277. The molecule has 1 aromatic heterocycles. The largest absolute Gasteiger partial charge is 0.481 e. The second-order valence-electron chi connectivity index (χ2n) is 11.6. The van der Waals surface area contributed by atoms with E-state index < -0.39 is 65.3 Å². The van der Waals surface area contributed by atoms with Crippen LogP contribution in [0.5, 0.6) is 0 Å². The number of carbonyl (C=O) groups excluding carboxylic acids is 3. The number of carboxylic acids is 1. The number of esters is 1. The van der Waals surface area contributed by atoms with Crippen LogP contribution < -0.4 is 5.32 Å². The topological polar surface area (TPSA) is 126 Å². The minimum Gasteiger partial charge on any atom is -0.481 e. The number of hydrogen-bond donors (Lipinski definition) is 2. The zero-order chi connectivity index (χ0) is 32.0. The van der Waals surface area contributed by atoms with E-state index in [0.717, 1.165) is 24.2 Å². The quantitative estimate of drug-likeness (QED) is 0.258. The van der Waals surface area contributed by atoms with Crippen molar-refractivity contribution in [3.8, 4) is 0 Å². The number of nitrogens with one attached hydrogen (secondary N) is 1. The highest BCUT2D eigenvalue weighted by molar-refractivity contribution is 7.09. The summed E-state index contributed by atoms with van der Waals surface area (Å²) in [5, 5.41) is 13.7. The van der Waals surface area contributed by atoms with E-state index in [4.69, 9.17) is 4.74 Å². The molecule has 1 saturated carbocycles. The summed E-state index contributed by atoms with van der Waals surface area (Å²) >= 11 is 1.07. The van der Waals surface area contributed by atoms with Gasteiger partial charge >= 0.3 is 11.9 Å². The number of rotatable bonds is 15. The van der Waals surface area contributed by atoms with E-state index in [1.165, 1.54) is 19.2 Å². The molecule has 1 heterocycles. The molecule has 43 heavy (non-hydrogen) atoms. The van der Waals surface area contributed by atoms with Crippen LogP contribution in [0.15, 0.2) is 17.5 Å². The zero-order valence-corrected chi connectivity index (χ0v) is 25.7. The monoisotopic (exact) mass is 625 g/mol. The number of aromatic nitrogens is 1. The molecule has 1 fully saturated rings. The Morgan fingerprint density at radius 1 is 1.12 bits per heavy atom. The Morgan fingerprint density at radius 2 is 1.74 bits per heavy atom. The van der Waals surface area contributed by atoms with Crippen LogP contribution in [-0.2, 0) is 25.5 Å². The molecule has 1 unspecified atom stereocenters. The molecule has 2 aromatic rings. The van der Waals surface area contributed by atoms with Crippen LogP contribution in [0.4, 0.5) is 13.2 Å². The first-order chi connectivity index (χ1) is 20.2. The molecule has 9 nitrogen and oxygen atoms in total. The Labute approximate surface area is 252 Å². The van der Waals surface area contributed by atoms with E-state index in [-0.39, 0.29) is 36.4 Å². The second-order valence-corrected chi connectivity index (χ2v) is 12.5. The number of carboxylic acid groups (broad SMARTS) is 1. The SMILES string of the molecule is CC(=O)O[C@H](CC(C(C)C)N(C)C(=O)CC1CC1)c1nc(C(=O)N[C@@H](Cc2c(F)cc(F)cc2F)C[C@H](C)C(=O)O)cs1. The van der Waals surface area contributed by atoms with Crippen LogP contribution >= 0.6 is 11.3 Å². The molecular formula is C30H38F3N3O6S. The third-order valence-corrected chi connectivity index (χ3v) is 8.50. The predicted molar refractivity (Wildman–Crippen MR) is 153 cm³/mol. The third kappa shape index (κ3) is 9.77. The summed E-state index contributed by atoms with van der Waals surface area (Å²) in [5.41, 5.74) is -0.553. The summed E-state index contributed by atoms with van der Waals surface area (Å²) < 4.78 is 47.7. The summed E-state index contributed by atoms with van der Waals surface area (Å²) in [6.07, 6.45) is 1.35. The Kier molecular flexibility index (Phi) is 11.7. The Morgan fingerprint density at radius 3 is 2.28 bits per heavy atom. The van der Waals surface area contributed by atoms with E-state index in [9.17, 15) is 37.5 Å². The standard InChI is InChI=1S/C30H38F3N3O6S/c1-15(2)25(36(5)27(38)9-18-6-7-18)13-26(42-17(4)37)29-35-24(14-43-29)28(39)34-20(8-16(3)30(40)41)12-21-22(32)10-19(31)11-23(21)33/h10-11,14-16,18,20,25-26H,6-9,12-13H2,1-5H3,(H,34,39)(H,40,41)/t16-,20+,25?,26+/m0/s1. The molecule has 1 aromatic carbocycles. The number of thiazole rings is 1. The molecule has 0 aliphatic heterocycles. The number of carbonyl (C=O) groups is 4. The van der Waals surface area contributed by atoms with E-state index >= 15 is 0 Å². The first-order valence-corrected chi connectivity index (χ1v) is 15.1. The fourth-order valence-electron chi connectivity index (χ4n) is 4.93. The molecule has 2 N–H and O–H groups in total. The lowest BCUT2D eigenvalue weighted by Gasteiger charge is -2.33. The van der Waals surface area contributed by atoms with Gasteiger partial charge in [-0.2, -0.15) is 0 Å². The van der Waals surface area contributed by atoms with Gasteiger partial charge in [-0.15, -0.1) is 11.3 Å². The lowest BCUT2D eigenvalue weighted by molar-refractivity contribution is -0.148. The van der Waals surface area contributed by atoms with Crippen LogP contribution in [0.25, 0.3) is 0 Å². The maximum atomic E-state index is 14.4. The number of halogens is 3. The van der Waals surface area contributed by atoms with Gasteiger partial charge in [-0.1, -0.05) is 20.8 Å². The van der Waals surface area contributed by atoms with Crippen LogP contribution in [0.2, 0.25) is 0 Å². The van der Waals surface area contributed by atoms with Gasteiger partial charge < -0.3 is 20.1 Å². The highest BCUT2D eigenvalue weighted by atomic mass is 32.1. The molecule has 0 spiro atoms. The van der Waals surface area contributed by atoms with Gasteiger partial charge in [0.1, 0.15) is 28.2 Å². The Hall–Kier alpha value is -3.48. The molecule has 1 aliphatic carbocycles. The van der Waals surface area contributed by atoms with E-state index in [0.29, 0.717) is 29.5 Å². The van der Waals surface area contributed by atoms with Gasteiger partial charge in [0.15, 0.2) is 6.10 Å². The molecule has 0 saturated heterocycles. The summed E-state index contributed by atoms with van der Waals surface area (Å²) in [7, 11) is 1.73. The smallest absolute Gasteiger partial charge is 0.306 e. The van der Waals surface area contributed by atoms with Crippen LogP contribution in [0, 0.1) is 35.2 Å². The van der Waals surface area contributed by atoms with Crippen molar-refractivity contribution >= 4 is 35.1 Å². The van der Waals surface area contributed by atoms with Crippen LogP contribution in [0.3, 0.4) is 0 Å². The number of aliphatic carboxylic acids is 1. The van der Waals surface area contributed by atoms with E-state index in [1.807, 2.05) is 13.8 Å². The first-order valence-electron chi connectivity index (χ1n) is 14.2. The van der Waals surface area contributed by atoms with Gasteiger partial charge in [-0.3, -0.25) is 19.2 Å². The van der Waals surface area contributed by atoms with E-state index in [2.05, 4.69) is 10.3 Å². The van der Waals surface area contributed by atoms with Crippen molar-refractivity contribution in [3.05, 3.63) is 51.2 Å². The zero-order valence-electron chi connectivity index (χ0n) is 24.9. The van der Waals surface area contributed by atoms with Crippen molar-refractivity contribution < 1.29 is 42.2 Å². The van der Waals surface area contributed by atoms with Crippen molar-refractivity contribution in [2.45, 2.75) is 84.4 Å². The lowest BCUT2D eigenvalue weighted by atomic mass is 9.95. The number of nitrogens with zero attached hydrogens (tertiary/aromatic N) is 2. The van der Waals surface area contributed by atoms with Crippen molar-refractivity contribution in [3.63, 3.8) is 0 Å². The van der Waals surface area contributed by atoms with Gasteiger partial charge in [-0.05, 0) is 37.5 Å². The highest BCUT2D eigenvalue weighted by Crippen LogP contribution is 2.35. The molecule has 2 amide bonds. The average Bonchev–Trinajstić information content (AvgIpc) is 3.58. The van der Waals surface area contributed by atoms with Crippen molar-refractivity contribution in [2.24, 2.45) is 17.8 Å². The molecule has 4 atom stereocenters.